The summed E-state index contributed by atoms with van der Waals surface area (Å²) < 4.78 is 194. The second kappa shape index (κ2) is 57.8. The van der Waals surface area contributed by atoms with Crippen LogP contribution in [0, 0.1) is 0 Å². The van der Waals surface area contributed by atoms with Crippen molar-refractivity contribution in [3.05, 3.63) is 325 Å². The first-order valence-electron chi connectivity index (χ1n) is 44.2. The van der Waals surface area contributed by atoms with E-state index in [-0.39, 0.29) is 52.7 Å². The molecule has 0 heterocycles. The van der Waals surface area contributed by atoms with Gasteiger partial charge in [0.25, 0.3) is 29.2 Å². The summed E-state index contributed by atoms with van der Waals surface area (Å²) in [5, 5.41) is 4.66. The monoisotopic (exact) mass is 2030 g/mol. The number of nitrogens with zero attached hydrogens (tertiary/aromatic N) is 3. The molecule has 16 nitrogen and oxygen atoms in total. The van der Waals surface area contributed by atoms with Crippen LogP contribution in [0.15, 0.2) is 260 Å². The molecule has 10 aromatic carbocycles. The molecule has 0 aliphatic heterocycles. The summed E-state index contributed by atoms with van der Waals surface area (Å²) in [6.07, 6.45) is -5.94. The first-order valence-corrected chi connectivity index (χ1v) is 48.5. The summed E-state index contributed by atoms with van der Waals surface area (Å²) in [5.74, 6) is -7.65. The van der Waals surface area contributed by atoms with Gasteiger partial charge in [-0.1, -0.05) is 232 Å². The first-order chi connectivity index (χ1) is 65.0. The van der Waals surface area contributed by atoms with E-state index in [1.165, 1.54) is 97.2 Å². The quantitative estimate of drug-likeness (QED) is 0.0215. The predicted octanol–water partition coefficient (Wildman–Crippen LogP) is 25.3. The SMILES string of the molecule is CCCCCCCCCCCCS(=O)(=O)CCOc1ccc(C(=O)NCC(=O)C(F)(F)F)cc1.CN(CC(=O)C(F)(F)F)C(=O)c1ccc(OCCC(c2ccccc2)c2ccccc2)cc1.CN(CCCc1ccc(OCC(=O)C(F)(F)F)cc1)CC(c1ccc(Cl)cc1)c1ccc(Cl)cc1.CN(CCOc1ccc(SCC(=O)C(F)(F)F)cc1)CC(c1ccc(Cl)cc1)c1ccc(Cl)cc1. The third kappa shape index (κ3) is 43.2. The Bertz CT molecular complexity index is 5110. The Balaban J connectivity index is 0.000000249. The van der Waals surface area contributed by atoms with Crippen molar-refractivity contribution in [2.75, 3.05) is 104 Å². The summed E-state index contributed by atoms with van der Waals surface area (Å²) >= 11 is 25.1. The van der Waals surface area contributed by atoms with Gasteiger partial charge in [-0.25, -0.2) is 8.42 Å². The van der Waals surface area contributed by atoms with Gasteiger partial charge in [0.1, 0.15) is 36.2 Å². The van der Waals surface area contributed by atoms with Crippen LogP contribution in [0.2, 0.25) is 20.1 Å². The van der Waals surface area contributed by atoms with Gasteiger partial charge in [-0.3, -0.25) is 28.8 Å². The average Bonchev–Trinajstić information content (AvgIpc) is 0.830. The maximum Gasteiger partial charge on any atom is 0.453 e. The van der Waals surface area contributed by atoms with Crippen LogP contribution < -0.4 is 24.3 Å². The summed E-state index contributed by atoms with van der Waals surface area (Å²) in [5.41, 5.74) is 8.26. The zero-order valence-electron chi connectivity index (χ0n) is 76.0. The lowest BCUT2D eigenvalue weighted by atomic mass is 9.89. The number of ketones is 4. The third-order valence-corrected chi connectivity index (χ3v) is 25.2. The van der Waals surface area contributed by atoms with E-state index in [4.69, 9.17) is 65.4 Å². The van der Waals surface area contributed by atoms with Crippen molar-refractivity contribution in [2.24, 2.45) is 0 Å². The highest BCUT2D eigenvalue weighted by Crippen LogP contribution is 2.34. The van der Waals surface area contributed by atoms with Crippen molar-refractivity contribution in [3.8, 4) is 23.0 Å². The number of sulfone groups is 1. The molecule has 0 atom stereocenters. The number of ether oxygens (including phenoxy) is 4. The number of rotatable bonds is 49. The Hall–Kier alpha value is -10.4. The van der Waals surface area contributed by atoms with Gasteiger partial charge in [0, 0.05) is 80.5 Å². The van der Waals surface area contributed by atoms with Crippen molar-refractivity contribution < 1.29 is 109 Å². The minimum atomic E-state index is -5.00. The Labute approximate surface area is 816 Å². The van der Waals surface area contributed by atoms with E-state index in [2.05, 4.69) is 48.0 Å². The molecule has 0 bridgehead atoms. The molecule has 1 N–H and O–H groups in total. The molecule has 34 heteroatoms. The number of unbranched alkanes of at least 4 members (excludes halogenated alkanes) is 9. The highest BCUT2D eigenvalue weighted by Gasteiger charge is 2.41. The zero-order valence-corrected chi connectivity index (χ0v) is 80.6. The molecule has 0 radical (unpaired) electrons. The Morgan fingerprint density at radius 3 is 1.18 bits per heavy atom. The van der Waals surface area contributed by atoms with Crippen LogP contribution in [0.4, 0.5) is 52.7 Å². The van der Waals surface area contributed by atoms with Crippen molar-refractivity contribution in [2.45, 2.75) is 138 Å². The summed E-state index contributed by atoms with van der Waals surface area (Å²) in [4.78, 5) is 73.7. The molecule has 10 aromatic rings. The molecular weight excluding hydrogens is 1920 g/mol. The van der Waals surface area contributed by atoms with Crippen molar-refractivity contribution in [1.29, 1.82) is 0 Å². The van der Waals surface area contributed by atoms with Gasteiger partial charge in [-0.15, -0.1) is 11.8 Å². The largest absolute Gasteiger partial charge is 0.494 e. The van der Waals surface area contributed by atoms with Gasteiger partial charge in [0.15, 0.2) is 16.4 Å². The minimum Gasteiger partial charge on any atom is -0.494 e. The first kappa shape index (κ1) is 114. The van der Waals surface area contributed by atoms with Crippen LogP contribution >= 0.6 is 58.2 Å². The van der Waals surface area contributed by atoms with Crippen LogP contribution in [0.1, 0.15) is 161 Å². The van der Waals surface area contributed by atoms with E-state index in [0.29, 0.717) is 68.4 Å². The lowest BCUT2D eigenvalue weighted by Gasteiger charge is -2.25. The van der Waals surface area contributed by atoms with E-state index in [1.54, 1.807) is 60.7 Å². The summed E-state index contributed by atoms with van der Waals surface area (Å²) in [6.45, 7) is 2.91. The number of halogens is 16. The number of carbonyl (C=O) groups excluding carboxylic acids is 6. The highest BCUT2D eigenvalue weighted by atomic mass is 35.5. The normalized spacial score (nSPS) is 11.7. The third-order valence-electron chi connectivity index (χ3n) is 21.5. The number of carbonyl (C=O) groups is 6. The molecule has 0 aromatic heterocycles. The number of amides is 2. The van der Waals surface area contributed by atoms with Crippen LogP contribution in [-0.4, -0.2) is 187 Å². The van der Waals surface area contributed by atoms with E-state index in [9.17, 15) is 89.9 Å². The van der Waals surface area contributed by atoms with Crippen molar-refractivity contribution in [3.63, 3.8) is 0 Å². The molecule has 0 aliphatic carbocycles. The van der Waals surface area contributed by atoms with Gasteiger partial charge >= 0.3 is 24.7 Å². The lowest BCUT2D eigenvalue weighted by molar-refractivity contribution is -0.173. The number of benzene rings is 10. The second-order valence-corrected chi connectivity index (χ2v) is 37.3. The minimum absolute atomic E-state index is 0.0360. The van der Waals surface area contributed by atoms with Crippen LogP contribution in [0.25, 0.3) is 0 Å². The van der Waals surface area contributed by atoms with E-state index >= 15 is 0 Å². The molecule has 0 saturated carbocycles. The maximum atomic E-state index is 12.4. The molecule has 0 unspecified atom stereocenters. The Kier molecular flexibility index (Phi) is 47.9. The smallest absolute Gasteiger partial charge is 0.453 e. The number of hydrogen-bond donors (Lipinski definition) is 1. The van der Waals surface area contributed by atoms with E-state index < -0.39 is 94.9 Å². The van der Waals surface area contributed by atoms with E-state index in [0.717, 1.165) is 98.6 Å². The fourth-order valence-corrected chi connectivity index (χ4v) is 16.3. The van der Waals surface area contributed by atoms with E-state index in [1.807, 2.05) is 146 Å². The molecule has 137 heavy (non-hydrogen) atoms. The highest BCUT2D eigenvalue weighted by molar-refractivity contribution is 8.00. The summed E-state index contributed by atoms with van der Waals surface area (Å²) in [7, 11) is 2.03. The second-order valence-electron chi connectivity index (χ2n) is 32.3. The number of Topliss-reactive ketones (excluding diaryl/α,β-unsaturated/α-hetero) is 4. The lowest BCUT2D eigenvalue weighted by Crippen LogP contribution is -2.38. The molecule has 10 rings (SSSR count). The van der Waals surface area contributed by atoms with Crippen LogP contribution in [0.5, 0.6) is 23.0 Å². The van der Waals surface area contributed by atoms with Crippen molar-refractivity contribution in [1.82, 2.24) is 20.0 Å². The standard InChI is InChI=1S/C27H26Cl2F3NO2.C26H24Cl2F3NO2S.C26H24F3NO3.C24H36F3NO5S/c1-33(16-2-3-19-4-14-24(15-5-19)35-18-26(34)27(30,31)32)17-25(20-6-10-22(28)11-7-20)21-8-12-23(29)13-9-21;1-32(14-15-34-22-10-12-23(13-11-22)35-17-25(33)26(29,30)31)16-24(18-2-6-20(27)7-3-18)19-4-8-21(28)9-5-19;1-30(18-24(31)26(27,28)29)25(32)21-12-14-22(15-13-21)33-17-16-23(19-8-4-2-5-9-19)20-10-6-3-7-11-20;1-2-3-4-5-6-7-8-9-10-11-17-34(31,32)18-16-33-21-14-12-20(13-15-21)23(30)28-19-22(29)24(25,26)27/h4-15,25H,2-3,16-18H2,1H3;2-13,24H,14-17H2,1H3;2-15,23H,16-18H2,1H3;12-15H,2-11,16-19H2,1H3,(H,28,30). The number of thioether (sulfide) groups is 1. The van der Waals surface area contributed by atoms with Crippen LogP contribution in [-0.2, 0) is 35.4 Å². The summed E-state index contributed by atoms with van der Waals surface area (Å²) in [6, 6.07) is 76.6. The molecule has 0 fully saturated rings. The number of likely N-dealkylation sites (N-methyl/N-ethyl adjacent to an activating group) is 3. The average molecular weight is 2030 g/mol. The van der Waals surface area contributed by atoms with Gasteiger partial charge in [-0.2, -0.15) is 52.7 Å². The van der Waals surface area contributed by atoms with Gasteiger partial charge in [0.2, 0.25) is 5.78 Å². The molecular formula is C103H110Cl4F12N4O12S2. The molecule has 2 amide bonds. The fourth-order valence-electron chi connectivity index (χ4n) is 13.9. The van der Waals surface area contributed by atoms with Gasteiger partial charge in [0.05, 0.1) is 37.0 Å². The Morgan fingerprint density at radius 1 is 0.380 bits per heavy atom. The molecule has 0 aliphatic rings. The van der Waals surface area contributed by atoms with Crippen molar-refractivity contribution >= 4 is 103 Å². The topological polar surface area (TPSA) is 195 Å². The number of hydrogen-bond acceptors (Lipinski definition) is 15. The van der Waals surface area contributed by atoms with Gasteiger partial charge in [-0.05, 0) is 219 Å². The molecule has 738 valence electrons. The Morgan fingerprint density at radius 2 is 0.752 bits per heavy atom. The number of alkyl halides is 12. The molecule has 0 spiro atoms. The fraction of sp³-hybridized carbons (Fsp3) is 0.359. The number of aryl methyl sites for hydroxylation is 1. The predicted molar refractivity (Wildman–Crippen MR) is 515 cm³/mol. The van der Waals surface area contributed by atoms with Gasteiger partial charge < -0.3 is 39.0 Å². The number of nitrogens with one attached hydrogen (secondary N) is 1. The maximum absolute atomic E-state index is 12.4. The zero-order chi connectivity index (χ0) is 100. The molecule has 0 saturated heterocycles. The van der Waals surface area contributed by atoms with Crippen LogP contribution in [0.3, 0.4) is 0 Å².